The SMILES string of the molecule is COCCCOCCN1CCCC(=O)C1. The normalized spacial score (nSPS) is 18.3. The summed E-state index contributed by atoms with van der Waals surface area (Å²) in [5.41, 5.74) is 0. The average molecular weight is 215 g/mol. The molecule has 4 heteroatoms. The molecular weight excluding hydrogens is 194 g/mol. The summed E-state index contributed by atoms with van der Waals surface area (Å²) in [7, 11) is 1.69. The van der Waals surface area contributed by atoms with E-state index in [2.05, 4.69) is 4.90 Å². The molecule has 1 fully saturated rings. The number of ether oxygens (including phenoxy) is 2. The zero-order chi connectivity index (χ0) is 10.9. The van der Waals surface area contributed by atoms with E-state index in [4.69, 9.17) is 9.47 Å². The molecule has 1 rings (SSSR count). The van der Waals surface area contributed by atoms with Crippen molar-refractivity contribution < 1.29 is 14.3 Å². The number of hydrogen-bond acceptors (Lipinski definition) is 4. The van der Waals surface area contributed by atoms with E-state index in [0.717, 1.165) is 52.2 Å². The largest absolute Gasteiger partial charge is 0.385 e. The summed E-state index contributed by atoms with van der Waals surface area (Å²) in [6.07, 6.45) is 2.70. The molecular formula is C11H21NO3. The maximum Gasteiger partial charge on any atom is 0.146 e. The van der Waals surface area contributed by atoms with Crippen molar-refractivity contribution in [2.45, 2.75) is 19.3 Å². The van der Waals surface area contributed by atoms with Crippen LogP contribution in [0.3, 0.4) is 0 Å². The van der Waals surface area contributed by atoms with E-state index in [0.29, 0.717) is 12.3 Å². The number of methoxy groups -OCH3 is 1. The molecule has 0 N–H and O–H groups in total. The monoisotopic (exact) mass is 215 g/mol. The molecule has 0 amide bonds. The maximum atomic E-state index is 11.1. The van der Waals surface area contributed by atoms with Gasteiger partial charge >= 0.3 is 0 Å². The van der Waals surface area contributed by atoms with Crippen molar-refractivity contribution in [1.29, 1.82) is 0 Å². The molecule has 0 aromatic carbocycles. The predicted molar refractivity (Wildman–Crippen MR) is 58.0 cm³/mol. The van der Waals surface area contributed by atoms with E-state index in [9.17, 15) is 4.79 Å². The Morgan fingerprint density at radius 3 is 2.93 bits per heavy atom. The second-order valence-electron chi connectivity index (χ2n) is 3.88. The third-order valence-electron chi connectivity index (χ3n) is 2.52. The van der Waals surface area contributed by atoms with Gasteiger partial charge in [0.15, 0.2) is 0 Å². The van der Waals surface area contributed by atoms with Crippen molar-refractivity contribution in [3.8, 4) is 0 Å². The smallest absolute Gasteiger partial charge is 0.146 e. The molecule has 0 bridgehead atoms. The predicted octanol–water partition coefficient (Wildman–Crippen LogP) is 0.704. The Morgan fingerprint density at radius 1 is 1.33 bits per heavy atom. The summed E-state index contributed by atoms with van der Waals surface area (Å²) in [5.74, 6) is 0.362. The number of Topliss-reactive ketones (excluding diaryl/α,β-unsaturated/α-hetero) is 1. The molecule has 1 heterocycles. The van der Waals surface area contributed by atoms with Gasteiger partial charge in [-0.15, -0.1) is 0 Å². The van der Waals surface area contributed by atoms with Crippen LogP contribution < -0.4 is 0 Å². The van der Waals surface area contributed by atoms with Crippen LogP contribution in [0.15, 0.2) is 0 Å². The van der Waals surface area contributed by atoms with Gasteiger partial charge in [-0.05, 0) is 19.4 Å². The summed E-state index contributed by atoms with van der Waals surface area (Å²) in [6.45, 7) is 4.74. The van der Waals surface area contributed by atoms with Gasteiger partial charge in [-0.25, -0.2) is 0 Å². The van der Waals surface area contributed by atoms with Crippen molar-refractivity contribution in [3.63, 3.8) is 0 Å². The van der Waals surface area contributed by atoms with Crippen LogP contribution in [0.4, 0.5) is 0 Å². The van der Waals surface area contributed by atoms with Gasteiger partial charge < -0.3 is 9.47 Å². The van der Waals surface area contributed by atoms with Crippen molar-refractivity contribution in [1.82, 2.24) is 4.90 Å². The number of ketones is 1. The average Bonchev–Trinajstić information content (AvgIpc) is 2.23. The minimum absolute atomic E-state index is 0.362. The van der Waals surface area contributed by atoms with Crippen LogP contribution >= 0.6 is 0 Å². The number of piperidine rings is 1. The van der Waals surface area contributed by atoms with Crippen molar-refractivity contribution in [2.24, 2.45) is 0 Å². The molecule has 0 aromatic rings. The van der Waals surface area contributed by atoms with Gasteiger partial charge in [0.1, 0.15) is 5.78 Å². The molecule has 0 saturated carbocycles. The van der Waals surface area contributed by atoms with Gasteiger partial charge in [0, 0.05) is 33.3 Å². The van der Waals surface area contributed by atoms with E-state index in [-0.39, 0.29) is 0 Å². The Morgan fingerprint density at radius 2 is 2.20 bits per heavy atom. The maximum absolute atomic E-state index is 11.1. The van der Waals surface area contributed by atoms with Gasteiger partial charge in [0.2, 0.25) is 0 Å². The standard InChI is InChI=1S/C11H21NO3/c1-14-7-3-8-15-9-6-12-5-2-4-11(13)10-12/h2-10H2,1H3. The molecule has 0 aliphatic carbocycles. The van der Waals surface area contributed by atoms with E-state index in [1.807, 2.05) is 0 Å². The highest BCUT2D eigenvalue weighted by molar-refractivity contribution is 5.81. The zero-order valence-corrected chi connectivity index (χ0v) is 9.54. The Balaban J connectivity index is 1.92. The van der Waals surface area contributed by atoms with Crippen molar-refractivity contribution in [3.05, 3.63) is 0 Å². The quantitative estimate of drug-likeness (QED) is 0.586. The highest BCUT2D eigenvalue weighted by Crippen LogP contribution is 2.04. The first kappa shape index (κ1) is 12.6. The third kappa shape index (κ3) is 5.87. The number of rotatable bonds is 7. The van der Waals surface area contributed by atoms with E-state index in [1.165, 1.54) is 0 Å². The molecule has 0 spiro atoms. The molecule has 4 nitrogen and oxygen atoms in total. The Hall–Kier alpha value is -0.450. The topological polar surface area (TPSA) is 38.8 Å². The van der Waals surface area contributed by atoms with Gasteiger partial charge in [-0.1, -0.05) is 0 Å². The van der Waals surface area contributed by atoms with Crippen LogP contribution in [-0.4, -0.2) is 57.2 Å². The highest BCUT2D eigenvalue weighted by atomic mass is 16.5. The van der Waals surface area contributed by atoms with Crippen LogP contribution in [0.5, 0.6) is 0 Å². The molecule has 0 atom stereocenters. The van der Waals surface area contributed by atoms with Gasteiger partial charge in [0.05, 0.1) is 13.2 Å². The number of hydrogen-bond donors (Lipinski definition) is 0. The minimum atomic E-state index is 0.362. The number of carbonyl (C=O) groups excluding carboxylic acids is 1. The number of carbonyl (C=O) groups is 1. The van der Waals surface area contributed by atoms with Crippen LogP contribution in [0.2, 0.25) is 0 Å². The lowest BCUT2D eigenvalue weighted by atomic mass is 10.1. The minimum Gasteiger partial charge on any atom is -0.385 e. The lowest BCUT2D eigenvalue weighted by Gasteiger charge is -2.25. The fraction of sp³-hybridized carbons (Fsp3) is 0.909. The van der Waals surface area contributed by atoms with Gasteiger partial charge in [0.25, 0.3) is 0 Å². The summed E-state index contributed by atoms with van der Waals surface area (Å²) in [4.78, 5) is 13.3. The summed E-state index contributed by atoms with van der Waals surface area (Å²) in [5, 5.41) is 0. The highest BCUT2D eigenvalue weighted by Gasteiger charge is 2.15. The zero-order valence-electron chi connectivity index (χ0n) is 9.54. The summed E-state index contributed by atoms with van der Waals surface area (Å²) >= 11 is 0. The third-order valence-corrected chi connectivity index (χ3v) is 2.52. The van der Waals surface area contributed by atoms with Crippen LogP contribution in [0, 0.1) is 0 Å². The van der Waals surface area contributed by atoms with Crippen LogP contribution in [-0.2, 0) is 14.3 Å². The van der Waals surface area contributed by atoms with Crippen molar-refractivity contribution in [2.75, 3.05) is 46.6 Å². The van der Waals surface area contributed by atoms with Crippen LogP contribution in [0.25, 0.3) is 0 Å². The van der Waals surface area contributed by atoms with E-state index < -0.39 is 0 Å². The summed E-state index contributed by atoms with van der Waals surface area (Å²) in [6, 6.07) is 0. The molecule has 1 aliphatic rings. The van der Waals surface area contributed by atoms with Crippen LogP contribution in [0.1, 0.15) is 19.3 Å². The Labute approximate surface area is 91.5 Å². The number of likely N-dealkylation sites (tertiary alicyclic amines) is 1. The first-order chi connectivity index (χ1) is 7.33. The lowest BCUT2D eigenvalue weighted by Crippen LogP contribution is -2.37. The molecule has 15 heavy (non-hydrogen) atoms. The first-order valence-corrected chi connectivity index (χ1v) is 5.63. The Kier molecular flexibility index (Phi) is 6.55. The summed E-state index contributed by atoms with van der Waals surface area (Å²) < 4.78 is 10.4. The number of nitrogens with zero attached hydrogens (tertiary/aromatic N) is 1. The van der Waals surface area contributed by atoms with E-state index >= 15 is 0 Å². The van der Waals surface area contributed by atoms with Gasteiger partial charge in [-0.2, -0.15) is 0 Å². The molecule has 0 radical (unpaired) electrons. The molecule has 1 aliphatic heterocycles. The fourth-order valence-corrected chi connectivity index (χ4v) is 1.70. The first-order valence-electron chi connectivity index (χ1n) is 5.63. The molecule has 1 saturated heterocycles. The van der Waals surface area contributed by atoms with E-state index in [1.54, 1.807) is 7.11 Å². The molecule has 88 valence electrons. The molecule has 0 aromatic heterocycles. The second-order valence-corrected chi connectivity index (χ2v) is 3.88. The fourth-order valence-electron chi connectivity index (χ4n) is 1.70. The lowest BCUT2D eigenvalue weighted by molar-refractivity contribution is -0.122. The van der Waals surface area contributed by atoms with Crippen molar-refractivity contribution >= 4 is 5.78 Å². The Bertz CT molecular complexity index is 185. The second kappa shape index (κ2) is 7.79. The van der Waals surface area contributed by atoms with Gasteiger partial charge in [-0.3, -0.25) is 9.69 Å². The molecule has 0 unspecified atom stereocenters.